The van der Waals surface area contributed by atoms with E-state index in [1.165, 1.54) is 35.8 Å². The smallest absolute Gasteiger partial charge is 0.243 e. The first-order valence-corrected chi connectivity index (χ1v) is 8.65. The highest BCUT2D eigenvalue weighted by atomic mass is 32.2. The molecule has 0 bridgehead atoms. The van der Waals surface area contributed by atoms with Crippen molar-refractivity contribution in [1.29, 1.82) is 0 Å². The molecule has 1 aliphatic rings. The molecule has 130 valence electrons. The van der Waals surface area contributed by atoms with Crippen LogP contribution < -0.4 is 0 Å². The van der Waals surface area contributed by atoms with Gasteiger partial charge in [-0.3, -0.25) is 4.79 Å². The number of aryl methyl sites for hydroxylation is 2. The van der Waals surface area contributed by atoms with Crippen LogP contribution in [0, 0.1) is 19.7 Å². The lowest BCUT2D eigenvalue weighted by Gasteiger charge is -2.19. The summed E-state index contributed by atoms with van der Waals surface area (Å²) in [5, 5.41) is 6.12. The van der Waals surface area contributed by atoms with Crippen molar-refractivity contribution in [3.63, 3.8) is 0 Å². The highest BCUT2D eigenvalue weighted by Crippen LogP contribution is 2.30. The molecule has 3 rings (SSSR count). The zero-order valence-electron chi connectivity index (χ0n) is 14.1. The van der Waals surface area contributed by atoms with Crippen LogP contribution in [0.4, 0.5) is 4.39 Å². The van der Waals surface area contributed by atoms with Gasteiger partial charge in [0.1, 0.15) is 5.82 Å². The van der Waals surface area contributed by atoms with Crippen LogP contribution in [0.15, 0.2) is 40.6 Å². The molecule has 0 saturated heterocycles. The first-order valence-electron chi connectivity index (χ1n) is 7.67. The van der Waals surface area contributed by atoms with E-state index < -0.39 is 6.23 Å². The maximum atomic E-state index is 13.1. The number of carbonyl (C=O) groups excluding carboxylic acids is 1. The van der Waals surface area contributed by atoms with E-state index in [0.717, 1.165) is 11.4 Å². The number of benzene rings is 1. The standard InChI is InChI=1S/C17H17FN4O2S/c1-10-8-11(2)20-17(19-10)25-9-15-21-22(12(3)23)16(24-15)13-4-6-14(18)7-5-13/h4-8,16H,9H2,1-3H3/t16-/m1/s1. The monoisotopic (exact) mass is 360 g/mol. The molecule has 6 nitrogen and oxygen atoms in total. The molecule has 1 amide bonds. The fourth-order valence-electron chi connectivity index (χ4n) is 2.39. The van der Waals surface area contributed by atoms with E-state index in [2.05, 4.69) is 15.1 Å². The van der Waals surface area contributed by atoms with Gasteiger partial charge in [0.25, 0.3) is 0 Å². The largest absolute Gasteiger partial charge is 0.449 e. The minimum Gasteiger partial charge on any atom is -0.449 e. The van der Waals surface area contributed by atoms with Gasteiger partial charge in [-0.05, 0) is 32.0 Å². The molecule has 0 fully saturated rings. The van der Waals surface area contributed by atoms with Crippen LogP contribution in [-0.4, -0.2) is 32.5 Å². The quantitative estimate of drug-likeness (QED) is 0.619. The molecule has 0 aliphatic carbocycles. The zero-order chi connectivity index (χ0) is 18.0. The fourth-order valence-corrected chi connectivity index (χ4v) is 3.19. The number of aromatic nitrogens is 2. The molecule has 1 atom stereocenters. The number of amides is 1. The zero-order valence-corrected chi connectivity index (χ0v) is 14.9. The number of hydrazone groups is 1. The second-order valence-electron chi connectivity index (χ2n) is 5.60. The summed E-state index contributed by atoms with van der Waals surface area (Å²) in [7, 11) is 0. The van der Waals surface area contributed by atoms with Gasteiger partial charge in [0.15, 0.2) is 5.16 Å². The van der Waals surface area contributed by atoms with Crippen LogP contribution in [0.25, 0.3) is 0 Å². The Kier molecular flexibility index (Phi) is 4.98. The van der Waals surface area contributed by atoms with E-state index in [0.29, 0.717) is 22.4 Å². The summed E-state index contributed by atoms with van der Waals surface area (Å²) in [6.45, 7) is 5.22. The van der Waals surface area contributed by atoms with Crippen molar-refractivity contribution in [3.8, 4) is 0 Å². The van der Waals surface area contributed by atoms with Gasteiger partial charge < -0.3 is 4.74 Å². The topological polar surface area (TPSA) is 67.7 Å². The van der Waals surface area contributed by atoms with Gasteiger partial charge in [-0.15, -0.1) is 5.10 Å². The maximum absolute atomic E-state index is 13.1. The van der Waals surface area contributed by atoms with Crippen molar-refractivity contribution in [2.75, 3.05) is 5.75 Å². The summed E-state index contributed by atoms with van der Waals surface area (Å²) in [5.41, 5.74) is 2.43. The van der Waals surface area contributed by atoms with E-state index in [4.69, 9.17) is 4.74 Å². The van der Waals surface area contributed by atoms with Gasteiger partial charge >= 0.3 is 0 Å². The highest BCUT2D eigenvalue weighted by molar-refractivity contribution is 7.99. The molecule has 1 aromatic heterocycles. The predicted octanol–water partition coefficient (Wildman–Crippen LogP) is 3.22. The Labute approximate surface area is 149 Å². The van der Waals surface area contributed by atoms with Crippen LogP contribution in [0.1, 0.15) is 30.1 Å². The molecule has 1 aromatic carbocycles. The van der Waals surface area contributed by atoms with Crippen molar-refractivity contribution in [1.82, 2.24) is 15.0 Å². The number of nitrogens with zero attached hydrogens (tertiary/aromatic N) is 4. The van der Waals surface area contributed by atoms with Crippen LogP contribution in [0.3, 0.4) is 0 Å². The van der Waals surface area contributed by atoms with Crippen LogP contribution >= 0.6 is 11.8 Å². The number of carbonyl (C=O) groups is 1. The third-order valence-corrected chi connectivity index (χ3v) is 4.29. The van der Waals surface area contributed by atoms with Crippen molar-refractivity contribution < 1.29 is 13.9 Å². The normalized spacial score (nSPS) is 16.6. The molecule has 8 heteroatoms. The third kappa shape index (κ3) is 4.14. The van der Waals surface area contributed by atoms with E-state index in [1.807, 2.05) is 19.9 Å². The summed E-state index contributed by atoms with van der Waals surface area (Å²) >= 11 is 1.38. The molecular weight excluding hydrogens is 343 g/mol. The molecule has 0 radical (unpaired) electrons. The molecular formula is C17H17FN4O2S. The van der Waals surface area contributed by atoms with Crippen LogP contribution in [0.5, 0.6) is 0 Å². The first kappa shape index (κ1) is 17.3. The van der Waals surface area contributed by atoms with Gasteiger partial charge in [0.2, 0.25) is 18.0 Å². The SMILES string of the molecule is CC(=O)N1N=C(CSc2nc(C)cc(C)n2)O[C@@H]1c1ccc(F)cc1. The average Bonchev–Trinajstić information content (AvgIpc) is 2.97. The van der Waals surface area contributed by atoms with E-state index in [-0.39, 0.29) is 11.7 Å². The molecule has 0 unspecified atom stereocenters. The van der Waals surface area contributed by atoms with E-state index in [1.54, 1.807) is 12.1 Å². The van der Waals surface area contributed by atoms with Gasteiger partial charge in [0, 0.05) is 23.9 Å². The number of thioether (sulfide) groups is 1. The predicted molar refractivity (Wildman–Crippen MR) is 92.4 cm³/mol. The van der Waals surface area contributed by atoms with E-state index in [9.17, 15) is 9.18 Å². The second-order valence-corrected chi connectivity index (χ2v) is 6.54. The number of ether oxygens (including phenoxy) is 1. The van der Waals surface area contributed by atoms with Gasteiger partial charge in [-0.1, -0.05) is 23.9 Å². The molecule has 0 spiro atoms. The minimum atomic E-state index is -0.686. The second kappa shape index (κ2) is 7.18. The van der Waals surface area contributed by atoms with Crippen LogP contribution in [-0.2, 0) is 9.53 Å². The van der Waals surface area contributed by atoms with Crippen LogP contribution in [0.2, 0.25) is 0 Å². The number of hydrogen-bond acceptors (Lipinski definition) is 6. The Hall–Kier alpha value is -2.48. The average molecular weight is 360 g/mol. The third-order valence-electron chi connectivity index (χ3n) is 3.45. The van der Waals surface area contributed by atoms with Gasteiger partial charge in [-0.25, -0.2) is 14.4 Å². The van der Waals surface area contributed by atoms with E-state index >= 15 is 0 Å². The first-order chi connectivity index (χ1) is 11.9. The Morgan fingerprint density at radius 1 is 1.24 bits per heavy atom. The lowest BCUT2D eigenvalue weighted by molar-refractivity contribution is -0.135. The summed E-state index contributed by atoms with van der Waals surface area (Å²) in [5.74, 6) is 0.193. The van der Waals surface area contributed by atoms with Crippen molar-refractivity contribution >= 4 is 23.6 Å². The number of halogens is 1. The molecule has 2 aromatic rings. The Morgan fingerprint density at radius 3 is 2.48 bits per heavy atom. The van der Waals surface area contributed by atoms with Crippen molar-refractivity contribution in [2.24, 2.45) is 5.10 Å². The molecule has 1 aliphatic heterocycles. The summed E-state index contributed by atoms with van der Waals surface area (Å²) < 4.78 is 18.9. The summed E-state index contributed by atoms with van der Waals surface area (Å²) in [6.07, 6.45) is -0.686. The Bertz CT molecular complexity index is 806. The number of hydrogen-bond donors (Lipinski definition) is 0. The van der Waals surface area contributed by atoms with Gasteiger partial charge in [-0.2, -0.15) is 5.01 Å². The summed E-state index contributed by atoms with van der Waals surface area (Å²) in [4.78, 5) is 20.5. The number of rotatable bonds is 4. The Balaban J connectivity index is 1.73. The van der Waals surface area contributed by atoms with Crippen molar-refractivity contribution in [3.05, 3.63) is 53.1 Å². The van der Waals surface area contributed by atoms with Crippen molar-refractivity contribution in [2.45, 2.75) is 32.2 Å². The molecule has 25 heavy (non-hydrogen) atoms. The minimum absolute atomic E-state index is 0.253. The molecule has 0 saturated carbocycles. The Morgan fingerprint density at radius 2 is 1.88 bits per heavy atom. The fraction of sp³-hybridized carbons (Fsp3) is 0.294. The lowest BCUT2D eigenvalue weighted by atomic mass is 10.2. The summed E-state index contributed by atoms with van der Waals surface area (Å²) in [6, 6.07) is 7.71. The lowest BCUT2D eigenvalue weighted by Crippen LogP contribution is -2.25. The van der Waals surface area contributed by atoms with Gasteiger partial charge in [0.05, 0.1) is 5.75 Å². The molecule has 2 heterocycles. The maximum Gasteiger partial charge on any atom is 0.243 e. The molecule has 0 N–H and O–H groups in total. The highest BCUT2D eigenvalue weighted by Gasteiger charge is 2.32.